The van der Waals surface area contributed by atoms with E-state index in [2.05, 4.69) is 17.1 Å². The summed E-state index contributed by atoms with van der Waals surface area (Å²) in [4.78, 5) is 12.5. The third kappa shape index (κ3) is 4.33. The Morgan fingerprint density at radius 3 is 2.84 bits per heavy atom. The fourth-order valence-electron chi connectivity index (χ4n) is 2.47. The van der Waals surface area contributed by atoms with Crippen molar-refractivity contribution in [2.75, 3.05) is 26.2 Å². The first kappa shape index (κ1) is 14.0. The number of rotatable bonds is 7. The number of nitro groups is 1. The van der Waals surface area contributed by atoms with Gasteiger partial charge in [0.2, 0.25) is 0 Å². The minimum atomic E-state index is -0.514. The van der Waals surface area contributed by atoms with Crippen LogP contribution in [0.4, 0.5) is 5.88 Å². The summed E-state index contributed by atoms with van der Waals surface area (Å²) in [7, 11) is 0. The molecule has 0 bridgehead atoms. The van der Waals surface area contributed by atoms with E-state index in [9.17, 15) is 10.1 Å². The quantitative estimate of drug-likeness (QED) is 0.604. The van der Waals surface area contributed by atoms with E-state index in [-0.39, 0.29) is 5.88 Å². The number of likely N-dealkylation sites (tertiary alicyclic amines) is 1. The highest BCUT2D eigenvalue weighted by Gasteiger charge is 2.15. The molecule has 0 spiro atoms. The van der Waals surface area contributed by atoms with Gasteiger partial charge in [0.15, 0.2) is 0 Å². The highest BCUT2D eigenvalue weighted by atomic mass is 16.6. The van der Waals surface area contributed by atoms with Crippen LogP contribution in [-0.2, 0) is 6.54 Å². The Bertz CT molecular complexity index is 413. The molecule has 0 amide bonds. The highest BCUT2D eigenvalue weighted by molar-refractivity contribution is 5.17. The van der Waals surface area contributed by atoms with Gasteiger partial charge in [0.25, 0.3) is 0 Å². The minimum absolute atomic E-state index is 0.193. The molecule has 106 valence electrons. The van der Waals surface area contributed by atoms with Crippen molar-refractivity contribution in [1.29, 1.82) is 0 Å². The van der Waals surface area contributed by atoms with Crippen LogP contribution in [-0.4, -0.2) is 36.0 Å². The molecule has 2 rings (SSSR count). The van der Waals surface area contributed by atoms with Crippen LogP contribution in [0.5, 0.6) is 0 Å². The number of hydrogen-bond acceptors (Lipinski definition) is 5. The smallest absolute Gasteiger partial charge is 0.404 e. The van der Waals surface area contributed by atoms with E-state index in [1.165, 1.54) is 32.0 Å². The molecule has 2 heterocycles. The molecular weight excluding hydrogens is 246 g/mol. The average molecular weight is 267 g/mol. The number of nitrogens with zero attached hydrogens (tertiary/aromatic N) is 2. The van der Waals surface area contributed by atoms with E-state index < -0.39 is 4.92 Å². The molecule has 0 aromatic carbocycles. The lowest BCUT2D eigenvalue weighted by Crippen LogP contribution is -2.31. The number of furan rings is 1. The maximum absolute atomic E-state index is 10.5. The topological polar surface area (TPSA) is 71.5 Å². The van der Waals surface area contributed by atoms with Gasteiger partial charge in [0.05, 0.1) is 12.6 Å². The van der Waals surface area contributed by atoms with Crippen LogP contribution < -0.4 is 5.32 Å². The summed E-state index contributed by atoms with van der Waals surface area (Å²) in [6, 6.07) is 3.04. The van der Waals surface area contributed by atoms with Crippen LogP contribution >= 0.6 is 0 Å². The molecule has 1 fully saturated rings. The largest absolute Gasteiger partial charge is 0.433 e. The summed E-state index contributed by atoms with van der Waals surface area (Å²) in [5, 5.41) is 13.8. The van der Waals surface area contributed by atoms with Crippen molar-refractivity contribution >= 4 is 5.88 Å². The zero-order valence-corrected chi connectivity index (χ0v) is 11.3. The van der Waals surface area contributed by atoms with Crippen LogP contribution in [0.3, 0.4) is 0 Å². The molecule has 1 unspecified atom stereocenters. The average Bonchev–Trinajstić information content (AvgIpc) is 3.00. The molecule has 0 radical (unpaired) electrons. The Kier molecular flexibility index (Phi) is 4.93. The van der Waals surface area contributed by atoms with Gasteiger partial charge in [-0.15, -0.1) is 0 Å². The van der Waals surface area contributed by atoms with Gasteiger partial charge < -0.3 is 14.6 Å². The van der Waals surface area contributed by atoms with Crippen LogP contribution in [0, 0.1) is 16.0 Å². The fourth-order valence-corrected chi connectivity index (χ4v) is 2.47. The molecule has 1 aliphatic heterocycles. The first-order valence-electron chi connectivity index (χ1n) is 6.81. The summed E-state index contributed by atoms with van der Waals surface area (Å²) in [5.74, 6) is 0.991. The van der Waals surface area contributed by atoms with Gasteiger partial charge >= 0.3 is 5.88 Å². The van der Waals surface area contributed by atoms with Gasteiger partial charge in [0, 0.05) is 6.54 Å². The van der Waals surface area contributed by atoms with Gasteiger partial charge in [-0.3, -0.25) is 10.1 Å². The van der Waals surface area contributed by atoms with Crippen LogP contribution in [0.2, 0.25) is 0 Å². The summed E-state index contributed by atoms with van der Waals surface area (Å²) >= 11 is 0. The van der Waals surface area contributed by atoms with Crippen molar-refractivity contribution < 1.29 is 9.34 Å². The van der Waals surface area contributed by atoms with Crippen molar-refractivity contribution in [1.82, 2.24) is 10.2 Å². The van der Waals surface area contributed by atoms with E-state index in [0.29, 0.717) is 18.2 Å². The normalized spacial score (nSPS) is 17.7. The van der Waals surface area contributed by atoms with E-state index in [1.54, 1.807) is 6.07 Å². The van der Waals surface area contributed by atoms with Gasteiger partial charge in [-0.25, -0.2) is 0 Å². The Labute approximate surface area is 112 Å². The molecule has 0 aliphatic carbocycles. The van der Waals surface area contributed by atoms with Crippen LogP contribution in [0.15, 0.2) is 16.5 Å². The Balaban J connectivity index is 1.65. The van der Waals surface area contributed by atoms with Crippen molar-refractivity contribution in [2.45, 2.75) is 26.3 Å². The molecule has 1 aliphatic rings. The van der Waals surface area contributed by atoms with Gasteiger partial charge in [-0.1, -0.05) is 6.92 Å². The monoisotopic (exact) mass is 267 g/mol. The minimum Gasteiger partial charge on any atom is -0.404 e. The fraction of sp³-hybridized carbons (Fsp3) is 0.692. The first-order chi connectivity index (χ1) is 9.15. The maximum atomic E-state index is 10.5. The predicted molar refractivity (Wildman–Crippen MR) is 71.9 cm³/mol. The van der Waals surface area contributed by atoms with Crippen molar-refractivity contribution in [3.05, 3.63) is 28.0 Å². The van der Waals surface area contributed by atoms with Gasteiger partial charge in [-0.05, 0) is 44.5 Å². The standard InChI is InChI=1S/C13H21N3O3/c1-11(10-15-6-2-3-7-15)8-14-9-12-4-5-13(19-12)16(17)18/h4-5,11,14H,2-3,6-10H2,1H3. The number of nitrogens with one attached hydrogen (secondary N) is 1. The zero-order valence-electron chi connectivity index (χ0n) is 11.3. The van der Waals surface area contributed by atoms with Crippen molar-refractivity contribution in [2.24, 2.45) is 5.92 Å². The zero-order chi connectivity index (χ0) is 13.7. The highest BCUT2D eigenvalue weighted by Crippen LogP contribution is 2.15. The lowest BCUT2D eigenvalue weighted by Gasteiger charge is -2.20. The molecule has 1 N–H and O–H groups in total. The van der Waals surface area contributed by atoms with Gasteiger partial charge in [0.1, 0.15) is 10.7 Å². The lowest BCUT2D eigenvalue weighted by molar-refractivity contribution is -0.402. The lowest BCUT2D eigenvalue weighted by atomic mass is 10.1. The molecule has 6 heteroatoms. The second kappa shape index (κ2) is 6.68. The van der Waals surface area contributed by atoms with E-state index in [0.717, 1.165) is 13.1 Å². The second-order valence-corrected chi connectivity index (χ2v) is 5.24. The Morgan fingerprint density at radius 2 is 2.21 bits per heavy atom. The molecule has 1 saturated heterocycles. The Hall–Kier alpha value is -1.40. The summed E-state index contributed by atoms with van der Waals surface area (Å²) < 4.78 is 5.09. The number of hydrogen-bond donors (Lipinski definition) is 1. The molecule has 6 nitrogen and oxygen atoms in total. The first-order valence-corrected chi connectivity index (χ1v) is 6.81. The van der Waals surface area contributed by atoms with Crippen molar-refractivity contribution in [3.63, 3.8) is 0 Å². The van der Waals surface area contributed by atoms with Gasteiger partial charge in [-0.2, -0.15) is 0 Å². The molecule has 1 aromatic heterocycles. The van der Waals surface area contributed by atoms with E-state index >= 15 is 0 Å². The molecular formula is C13H21N3O3. The third-order valence-corrected chi connectivity index (χ3v) is 3.39. The molecule has 1 aromatic rings. The second-order valence-electron chi connectivity index (χ2n) is 5.24. The van der Waals surface area contributed by atoms with Crippen LogP contribution in [0.25, 0.3) is 0 Å². The van der Waals surface area contributed by atoms with Crippen LogP contribution in [0.1, 0.15) is 25.5 Å². The third-order valence-electron chi connectivity index (χ3n) is 3.39. The summed E-state index contributed by atoms with van der Waals surface area (Å²) in [6.07, 6.45) is 2.63. The van der Waals surface area contributed by atoms with E-state index in [1.807, 2.05) is 0 Å². The maximum Gasteiger partial charge on any atom is 0.433 e. The molecule has 19 heavy (non-hydrogen) atoms. The summed E-state index contributed by atoms with van der Waals surface area (Å²) in [5.41, 5.74) is 0. The Morgan fingerprint density at radius 1 is 1.47 bits per heavy atom. The van der Waals surface area contributed by atoms with E-state index in [4.69, 9.17) is 4.42 Å². The van der Waals surface area contributed by atoms with Crippen molar-refractivity contribution in [3.8, 4) is 0 Å². The summed E-state index contributed by atoms with van der Waals surface area (Å²) in [6.45, 7) is 7.20. The molecule has 0 saturated carbocycles. The molecule has 1 atom stereocenters. The SMILES string of the molecule is CC(CNCc1ccc([N+](=O)[O-])o1)CN1CCCC1. The predicted octanol–water partition coefficient (Wildman–Crippen LogP) is 2.01.